The fourth-order valence-corrected chi connectivity index (χ4v) is 8.81. The number of nitrogens with zero attached hydrogens (tertiary/aromatic N) is 2. The van der Waals surface area contributed by atoms with E-state index in [-0.39, 0.29) is 17.7 Å². The van der Waals surface area contributed by atoms with Crippen LogP contribution in [-0.2, 0) is 6.42 Å². The molecule has 0 spiro atoms. The molecule has 45 heavy (non-hydrogen) atoms. The number of thiophene rings is 1. The molecule has 1 aromatic heterocycles. The number of hydrogen-bond donors (Lipinski definition) is 1. The maximum Gasteiger partial charge on any atom is 0.165 e. The van der Waals surface area contributed by atoms with Gasteiger partial charge < -0.3 is 14.6 Å². The summed E-state index contributed by atoms with van der Waals surface area (Å²) in [7, 11) is 0. The summed E-state index contributed by atoms with van der Waals surface area (Å²) in [4.78, 5) is 6.18. The number of rotatable bonds is 10. The first-order valence-electron chi connectivity index (χ1n) is 17.0. The SMILES string of the molecule is Oc1ccc2c(Cc3ccc(O[C@H]4CCCC[C@@H]4N4CCCCC4)c(F)c3)c(-c3ccc(OCCN4CCCC4)cc3)sc2c1. The lowest BCUT2D eigenvalue weighted by molar-refractivity contribution is 0.0242. The van der Waals surface area contributed by atoms with Crippen LogP contribution < -0.4 is 9.47 Å². The number of piperidine rings is 1. The summed E-state index contributed by atoms with van der Waals surface area (Å²) in [5.74, 6) is 1.20. The number of phenolic OH excluding ortho intramolecular Hbond substituents is 1. The summed E-state index contributed by atoms with van der Waals surface area (Å²) >= 11 is 1.66. The summed E-state index contributed by atoms with van der Waals surface area (Å²) in [6.07, 6.45) is 11.5. The molecule has 3 heterocycles. The number of halogens is 1. The van der Waals surface area contributed by atoms with Gasteiger partial charge in [0.1, 0.15) is 24.2 Å². The molecule has 2 atom stereocenters. The van der Waals surface area contributed by atoms with Gasteiger partial charge in [0.05, 0.1) is 0 Å². The second-order valence-electron chi connectivity index (χ2n) is 13.1. The van der Waals surface area contributed by atoms with Crippen molar-refractivity contribution in [1.82, 2.24) is 9.80 Å². The molecule has 3 aromatic carbocycles. The maximum absolute atomic E-state index is 15.7. The van der Waals surface area contributed by atoms with E-state index >= 15 is 4.39 Å². The highest BCUT2D eigenvalue weighted by atomic mass is 32.1. The molecule has 2 aliphatic heterocycles. The summed E-state index contributed by atoms with van der Waals surface area (Å²) in [5, 5.41) is 11.3. The average molecular weight is 629 g/mol. The highest BCUT2D eigenvalue weighted by Crippen LogP contribution is 2.42. The van der Waals surface area contributed by atoms with Crippen molar-refractivity contribution >= 4 is 21.4 Å². The van der Waals surface area contributed by atoms with Gasteiger partial charge >= 0.3 is 0 Å². The Kier molecular flexibility index (Phi) is 9.57. The molecule has 1 N–H and O–H groups in total. The third-order valence-electron chi connectivity index (χ3n) is 9.95. The van der Waals surface area contributed by atoms with Crippen LogP contribution in [0.5, 0.6) is 17.2 Å². The lowest BCUT2D eigenvalue weighted by Gasteiger charge is -2.41. The van der Waals surface area contributed by atoms with Crippen molar-refractivity contribution < 1.29 is 19.0 Å². The first-order chi connectivity index (χ1) is 22.1. The Balaban J connectivity index is 1.08. The maximum atomic E-state index is 15.7. The Morgan fingerprint density at radius 1 is 0.822 bits per heavy atom. The van der Waals surface area contributed by atoms with Crippen LogP contribution in [-0.4, -0.2) is 66.4 Å². The smallest absolute Gasteiger partial charge is 0.165 e. The van der Waals surface area contributed by atoms with Gasteiger partial charge in [-0.15, -0.1) is 11.3 Å². The number of aromatic hydroxyl groups is 1. The first kappa shape index (κ1) is 30.5. The zero-order valence-corrected chi connectivity index (χ0v) is 27.0. The summed E-state index contributed by atoms with van der Waals surface area (Å²) in [6.45, 7) is 6.27. The minimum atomic E-state index is -0.287. The van der Waals surface area contributed by atoms with Crippen LogP contribution in [0, 0.1) is 5.82 Å². The van der Waals surface area contributed by atoms with Crippen molar-refractivity contribution in [2.45, 2.75) is 76.4 Å². The molecule has 1 aliphatic carbocycles. The Morgan fingerprint density at radius 2 is 1.60 bits per heavy atom. The van der Waals surface area contributed by atoms with Crippen LogP contribution in [0.2, 0.25) is 0 Å². The van der Waals surface area contributed by atoms with Gasteiger partial charge in [-0.05, 0) is 154 Å². The van der Waals surface area contributed by atoms with Crippen LogP contribution in [0.4, 0.5) is 4.39 Å². The van der Waals surface area contributed by atoms with Gasteiger partial charge in [-0.1, -0.05) is 18.9 Å². The molecule has 0 amide bonds. The summed E-state index contributed by atoms with van der Waals surface area (Å²) in [6, 6.07) is 19.7. The van der Waals surface area contributed by atoms with Crippen molar-refractivity contribution in [3.8, 4) is 27.7 Å². The van der Waals surface area contributed by atoms with Gasteiger partial charge in [-0.2, -0.15) is 0 Å². The highest BCUT2D eigenvalue weighted by Gasteiger charge is 2.33. The van der Waals surface area contributed by atoms with Gasteiger partial charge in [0.25, 0.3) is 0 Å². The quantitative estimate of drug-likeness (QED) is 0.190. The molecule has 0 bridgehead atoms. The molecule has 4 aromatic rings. The fraction of sp³-hybridized carbons (Fsp3) is 0.474. The monoisotopic (exact) mass is 628 g/mol. The molecule has 238 valence electrons. The molecule has 0 unspecified atom stereocenters. The minimum Gasteiger partial charge on any atom is -0.508 e. The molecule has 0 radical (unpaired) electrons. The van der Waals surface area contributed by atoms with Gasteiger partial charge in [0.15, 0.2) is 11.6 Å². The number of likely N-dealkylation sites (tertiary alicyclic amines) is 2. The minimum absolute atomic E-state index is 0.0458. The third kappa shape index (κ3) is 7.16. The fourth-order valence-electron chi connectivity index (χ4n) is 7.55. The number of ether oxygens (including phenoxy) is 2. The Morgan fingerprint density at radius 3 is 2.40 bits per heavy atom. The Bertz CT molecular complexity index is 1580. The Labute approximate surface area is 270 Å². The van der Waals surface area contributed by atoms with Crippen molar-refractivity contribution in [1.29, 1.82) is 0 Å². The molecule has 7 rings (SSSR count). The second-order valence-corrected chi connectivity index (χ2v) is 14.1. The third-order valence-corrected chi connectivity index (χ3v) is 11.2. The van der Waals surface area contributed by atoms with Gasteiger partial charge in [-0.3, -0.25) is 9.80 Å². The predicted octanol–water partition coefficient (Wildman–Crippen LogP) is 8.65. The van der Waals surface area contributed by atoms with E-state index in [1.165, 1.54) is 51.6 Å². The van der Waals surface area contributed by atoms with Crippen LogP contribution in [0.15, 0.2) is 60.7 Å². The van der Waals surface area contributed by atoms with E-state index in [1.54, 1.807) is 23.5 Å². The molecule has 3 fully saturated rings. The summed E-state index contributed by atoms with van der Waals surface area (Å²) < 4.78 is 29.2. The highest BCUT2D eigenvalue weighted by molar-refractivity contribution is 7.22. The predicted molar refractivity (Wildman–Crippen MR) is 181 cm³/mol. The van der Waals surface area contributed by atoms with E-state index in [0.717, 1.165) is 76.3 Å². The molecule has 5 nitrogen and oxygen atoms in total. The van der Waals surface area contributed by atoms with Crippen molar-refractivity contribution in [2.75, 3.05) is 39.3 Å². The lowest BCUT2D eigenvalue weighted by atomic mass is 9.90. The van der Waals surface area contributed by atoms with E-state index in [0.29, 0.717) is 24.8 Å². The average Bonchev–Trinajstić information content (AvgIpc) is 3.71. The normalized spacial score (nSPS) is 21.4. The van der Waals surface area contributed by atoms with E-state index < -0.39 is 0 Å². The van der Waals surface area contributed by atoms with Crippen LogP contribution in [0.25, 0.3) is 20.5 Å². The molecular weight excluding hydrogens is 583 g/mol. The molecule has 1 saturated carbocycles. The van der Waals surface area contributed by atoms with Crippen LogP contribution in [0.3, 0.4) is 0 Å². The van der Waals surface area contributed by atoms with Crippen molar-refractivity contribution in [3.05, 3.63) is 77.6 Å². The van der Waals surface area contributed by atoms with E-state index in [2.05, 4.69) is 21.9 Å². The number of fused-ring (bicyclic) bond motifs is 1. The zero-order valence-electron chi connectivity index (χ0n) is 26.2. The zero-order chi connectivity index (χ0) is 30.6. The Hall–Kier alpha value is -3.13. The van der Waals surface area contributed by atoms with E-state index in [1.807, 2.05) is 36.4 Å². The largest absolute Gasteiger partial charge is 0.508 e. The van der Waals surface area contributed by atoms with Gasteiger partial charge in [0, 0.05) is 22.2 Å². The first-order valence-corrected chi connectivity index (χ1v) is 17.8. The van der Waals surface area contributed by atoms with Crippen molar-refractivity contribution in [2.24, 2.45) is 0 Å². The molecule has 7 heteroatoms. The molecule has 2 saturated heterocycles. The van der Waals surface area contributed by atoms with Crippen molar-refractivity contribution in [3.63, 3.8) is 0 Å². The van der Waals surface area contributed by atoms with Crippen LogP contribution in [0.1, 0.15) is 68.9 Å². The van der Waals surface area contributed by atoms with E-state index in [9.17, 15) is 5.11 Å². The standard InChI is InChI=1S/C38H45FN2O3S/c39-33-25-27(10-17-35(33)44-36-9-3-2-8-34(36)41-20-4-1-5-21-41)24-32-31-16-13-29(42)26-37(31)45-38(32)28-11-14-30(15-12-28)43-23-22-40-18-6-7-19-40/h10-17,25-26,34,36,42H,1-9,18-24H2/t34-,36-/m0/s1. The topological polar surface area (TPSA) is 45.2 Å². The lowest BCUT2D eigenvalue weighted by Crippen LogP contribution is -2.49. The number of benzene rings is 3. The van der Waals surface area contributed by atoms with E-state index in [4.69, 9.17) is 9.47 Å². The van der Waals surface area contributed by atoms with Gasteiger partial charge in [0.2, 0.25) is 0 Å². The second kappa shape index (κ2) is 14.1. The number of phenols is 1. The number of hydrogen-bond acceptors (Lipinski definition) is 6. The summed E-state index contributed by atoms with van der Waals surface area (Å²) in [5.41, 5.74) is 3.15. The molecular formula is C38H45FN2O3S. The van der Waals surface area contributed by atoms with Crippen LogP contribution >= 0.6 is 11.3 Å². The van der Waals surface area contributed by atoms with Gasteiger partial charge in [-0.25, -0.2) is 4.39 Å². The molecule has 3 aliphatic rings.